The van der Waals surface area contributed by atoms with Crippen molar-refractivity contribution in [3.63, 3.8) is 0 Å². The van der Waals surface area contributed by atoms with Gasteiger partial charge in [0.25, 0.3) is 0 Å². The first-order chi connectivity index (χ1) is 12.5. The zero-order valence-corrected chi connectivity index (χ0v) is 17.3. The first kappa shape index (κ1) is 19.6. The fraction of sp³-hybridized carbons (Fsp3) is 0.667. The molecule has 3 rings (SSSR count). The van der Waals surface area contributed by atoms with Gasteiger partial charge in [0.1, 0.15) is 11.5 Å². The van der Waals surface area contributed by atoms with Crippen LogP contribution in [0.15, 0.2) is 15.0 Å². The maximum atomic E-state index is 12.5. The molecule has 6 heteroatoms. The number of hydrogen-bond acceptors (Lipinski definition) is 5. The quantitative estimate of drug-likeness (QED) is 0.839. The van der Waals surface area contributed by atoms with Gasteiger partial charge in [-0.25, -0.2) is 0 Å². The number of nitrogens with zero attached hydrogens (tertiary/aromatic N) is 2. The second-order valence-corrected chi connectivity index (χ2v) is 9.52. The number of rotatable bonds is 5. The minimum absolute atomic E-state index is 0.0181. The molecule has 148 valence electrons. The van der Waals surface area contributed by atoms with Crippen molar-refractivity contribution in [1.82, 2.24) is 15.5 Å². The van der Waals surface area contributed by atoms with E-state index in [9.17, 15) is 4.79 Å². The highest BCUT2D eigenvalue weighted by atomic mass is 16.5. The second kappa shape index (κ2) is 7.13. The molecule has 0 radical (unpaired) electrons. The maximum absolute atomic E-state index is 12.5. The Kier molecular flexibility index (Phi) is 5.19. The maximum Gasteiger partial charge on any atom is 0.226 e. The summed E-state index contributed by atoms with van der Waals surface area (Å²) in [5.41, 5.74) is 1.11. The van der Waals surface area contributed by atoms with Gasteiger partial charge in [-0.05, 0) is 31.2 Å². The molecule has 0 aromatic carbocycles. The number of carbonyl (C=O) groups excluding carboxylic acids is 1. The van der Waals surface area contributed by atoms with Crippen molar-refractivity contribution >= 4 is 5.91 Å². The first-order valence-electron chi connectivity index (χ1n) is 9.75. The van der Waals surface area contributed by atoms with Crippen LogP contribution in [0.4, 0.5) is 0 Å². The zero-order chi connectivity index (χ0) is 19.8. The van der Waals surface area contributed by atoms with E-state index in [1.54, 1.807) is 0 Å². The molecule has 0 bridgehead atoms. The van der Waals surface area contributed by atoms with Gasteiger partial charge in [-0.1, -0.05) is 39.8 Å². The third-order valence-electron chi connectivity index (χ3n) is 5.00. The third-order valence-corrected chi connectivity index (χ3v) is 5.00. The van der Waals surface area contributed by atoms with Crippen LogP contribution in [-0.2, 0) is 23.1 Å². The standard InChI is InChI=1S/C21H31N3O3/c1-13-10-14-15(11-21(5,6)12-16(14)26-13)22-17(25)8-7-9-18-23-19(24-27-18)20(2,3)4/h10,15H,7-9,11-12H2,1-6H3,(H,22,25). The average Bonchev–Trinajstić information content (AvgIpc) is 3.12. The molecule has 1 N–H and O–H groups in total. The Hall–Kier alpha value is -2.11. The van der Waals surface area contributed by atoms with Crippen molar-refractivity contribution < 1.29 is 13.7 Å². The van der Waals surface area contributed by atoms with Crippen LogP contribution >= 0.6 is 0 Å². The Bertz CT molecular complexity index is 811. The molecule has 6 nitrogen and oxygen atoms in total. The van der Waals surface area contributed by atoms with Crippen LogP contribution in [0.25, 0.3) is 0 Å². The summed E-state index contributed by atoms with van der Waals surface area (Å²) in [4.78, 5) is 16.9. The molecular weight excluding hydrogens is 342 g/mol. The van der Waals surface area contributed by atoms with E-state index in [0.717, 1.165) is 29.9 Å². The molecule has 0 aliphatic heterocycles. The molecule has 1 amide bonds. The lowest BCUT2D eigenvalue weighted by Crippen LogP contribution is -2.35. The summed E-state index contributed by atoms with van der Waals surface area (Å²) in [6, 6.07) is 2.08. The number of carbonyl (C=O) groups is 1. The van der Waals surface area contributed by atoms with E-state index in [-0.39, 0.29) is 22.8 Å². The summed E-state index contributed by atoms with van der Waals surface area (Å²) >= 11 is 0. The highest BCUT2D eigenvalue weighted by Crippen LogP contribution is 2.42. The lowest BCUT2D eigenvalue weighted by atomic mass is 9.74. The lowest BCUT2D eigenvalue weighted by Gasteiger charge is -2.34. The van der Waals surface area contributed by atoms with E-state index in [2.05, 4.69) is 35.4 Å². The number of nitrogens with one attached hydrogen (secondary N) is 1. The Morgan fingerprint density at radius 1 is 1.37 bits per heavy atom. The molecular formula is C21H31N3O3. The van der Waals surface area contributed by atoms with Gasteiger partial charge in [0, 0.05) is 30.2 Å². The van der Waals surface area contributed by atoms with E-state index in [1.807, 2.05) is 27.7 Å². The molecule has 0 fully saturated rings. The largest absolute Gasteiger partial charge is 0.466 e. The topological polar surface area (TPSA) is 81.2 Å². The summed E-state index contributed by atoms with van der Waals surface area (Å²) in [6.07, 6.45) is 3.57. The van der Waals surface area contributed by atoms with Gasteiger partial charge < -0.3 is 14.3 Å². The fourth-order valence-corrected chi connectivity index (χ4v) is 3.64. The van der Waals surface area contributed by atoms with E-state index < -0.39 is 0 Å². The highest BCUT2D eigenvalue weighted by Gasteiger charge is 2.35. The first-order valence-corrected chi connectivity index (χ1v) is 9.75. The van der Waals surface area contributed by atoms with Crippen LogP contribution in [0.5, 0.6) is 0 Å². The predicted molar refractivity (Wildman–Crippen MR) is 102 cm³/mol. The van der Waals surface area contributed by atoms with Crippen molar-refractivity contribution in [3.8, 4) is 0 Å². The number of hydrogen-bond donors (Lipinski definition) is 1. The number of amides is 1. The molecule has 2 aromatic rings. The summed E-state index contributed by atoms with van der Waals surface area (Å²) in [5.74, 6) is 3.27. The Morgan fingerprint density at radius 2 is 2.11 bits per heavy atom. The normalized spacial score (nSPS) is 19.0. The van der Waals surface area contributed by atoms with Crippen LogP contribution in [0, 0.1) is 12.3 Å². The zero-order valence-electron chi connectivity index (χ0n) is 17.3. The number of fused-ring (bicyclic) bond motifs is 1. The van der Waals surface area contributed by atoms with Gasteiger partial charge in [-0.2, -0.15) is 4.98 Å². The van der Waals surface area contributed by atoms with Gasteiger partial charge in [0.05, 0.1) is 6.04 Å². The fourth-order valence-electron chi connectivity index (χ4n) is 3.64. The predicted octanol–water partition coefficient (Wildman–Crippen LogP) is 4.42. The molecule has 1 atom stereocenters. The smallest absolute Gasteiger partial charge is 0.226 e. The van der Waals surface area contributed by atoms with E-state index in [1.165, 1.54) is 0 Å². The van der Waals surface area contributed by atoms with Crippen molar-refractivity contribution in [1.29, 1.82) is 0 Å². The minimum atomic E-state index is -0.132. The molecule has 27 heavy (non-hydrogen) atoms. The molecule has 0 saturated heterocycles. The lowest BCUT2D eigenvalue weighted by molar-refractivity contribution is -0.122. The molecule has 0 saturated carbocycles. The van der Waals surface area contributed by atoms with Gasteiger partial charge >= 0.3 is 0 Å². The van der Waals surface area contributed by atoms with Crippen LogP contribution < -0.4 is 5.32 Å². The number of aromatic nitrogens is 2. The molecule has 0 spiro atoms. The summed E-state index contributed by atoms with van der Waals surface area (Å²) in [5, 5.41) is 7.22. The Balaban J connectivity index is 1.54. The van der Waals surface area contributed by atoms with Gasteiger partial charge in [0.15, 0.2) is 5.82 Å². The second-order valence-electron chi connectivity index (χ2n) is 9.52. The molecule has 1 aliphatic carbocycles. The Morgan fingerprint density at radius 3 is 2.78 bits per heavy atom. The van der Waals surface area contributed by atoms with E-state index >= 15 is 0 Å². The molecule has 1 unspecified atom stereocenters. The van der Waals surface area contributed by atoms with Crippen molar-refractivity contribution in [2.24, 2.45) is 5.41 Å². The highest BCUT2D eigenvalue weighted by molar-refractivity contribution is 5.76. The van der Waals surface area contributed by atoms with Crippen LogP contribution in [0.1, 0.15) is 88.7 Å². The van der Waals surface area contributed by atoms with Crippen LogP contribution in [-0.4, -0.2) is 16.0 Å². The van der Waals surface area contributed by atoms with Crippen molar-refractivity contribution in [3.05, 3.63) is 34.9 Å². The Labute approximate surface area is 161 Å². The van der Waals surface area contributed by atoms with Crippen LogP contribution in [0.2, 0.25) is 0 Å². The number of furan rings is 1. The molecule has 1 aliphatic rings. The summed E-state index contributed by atoms with van der Waals surface area (Å²) in [7, 11) is 0. The van der Waals surface area contributed by atoms with Gasteiger partial charge in [0.2, 0.25) is 11.8 Å². The minimum Gasteiger partial charge on any atom is -0.466 e. The average molecular weight is 373 g/mol. The van der Waals surface area contributed by atoms with Gasteiger partial charge in [-0.15, -0.1) is 0 Å². The third kappa shape index (κ3) is 4.79. The monoisotopic (exact) mass is 373 g/mol. The summed E-state index contributed by atoms with van der Waals surface area (Å²) < 4.78 is 11.1. The van der Waals surface area contributed by atoms with E-state index in [0.29, 0.717) is 31.0 Å². The summed E-state index contributed by atoms with van der Waals surface area (Å²) in [6.45, 7) is 12.5. The van der Waals surface area contributed by atoms with Crippen LogP contribution in [0.3, 0.4) is 0 Å². The van der Waals surface area contributed by atoms with Gasteiger partial charge in [-0.3, -0.25) is 4.79 Å². The number of aryl methyl sites for hydroxylation is 2. The molecule has 2 aromatic heterocycles. The van der Waals surface area contributed by atoms with Crippen molar-refractivity contribution in [2.75, 3.05) is 0 Å². The SMILES string of the molecule is Cc1cc2c(o1)CC(C)(C)CC2NC(=O)CCCc1nc(C(C)(C)C)no1. The molecule has 2 heterocycles. The van der Waals surface area contributed by atoms with E-state index in [4.69, 9.17) is 8.94 Å². The van der Waals surface area contributed by atoms with Crippen molar-refractivity contribution in [2.45, 2.75) is 85.1 Å².